The van der Waals surface area contributed by atoms with Crippen LogP contribution in [0, 0.1) is 0 Å². The van der Waals surface area contributed by atoms with Gasteiger partial charge in [-0.2, -0.15) is 0 Å². The van der Waals surface area contributed by atoms with Crippen LogP contribution in [-0.2, 0) is 0 Å². The van der Waals surface area contributed by atoms with Crippen molar-refractivity contribution in [2.45, 2.75) is 18.7 Å². The largest absolute Gasteiger partial charge is 0.497 e. The molecule has 0 spiro atoms. The summed E-state index contributed by atoms with van der Waals surface area (Å²) in [7, 11) is 1.66. The maximum absolute atomic E-state index is 5.96. The van der Waals surface area contributed by atoms with Gasteiger partial charge in [0.2, 0.25) is 0 Å². The Balaban J connectivity index is 2.64. The molecule has 1 nitrogen and oxygen atoms in total. The first-order valence-electron chi connectivity index (χ1n) is 4.72. The minimum absolute atomic E-state index is 0.122. The smallest absolute Gasteiger partial charge is 0.118 e. The average molecular weight is 211 g/mol. The second kappa shape index (κ2) is 5.71. The van der Waals surface area contributed by atoms with Gasteiger partial charge in [0.25, 0.3) is 0 Å². The summed E-state index contributed by atoms with van der Waals surface area (Å²) >= 11 is 5.96. The summed E-state index contributed by atoms with van der Waals surface area (Å²) < 4.78 is 5.07. The fourth-order valence-corrected chi connectivity index (χ4v) is 1.14. The van der Waals surface area contributed by atoms with Gasteiger partial charge in [-0.05, 0) is 24.1 Å². The number of hydrogen-bond donors (Lipinski definition) is 0. The van der Waals surface area contributed by atoms with Crippen LogP contribution in [0.2, 0.25) is 0 Å². The fourth-order valence-electron chi connectivity index (χ4n) is 1.07. The second-order valence-electron chi connectivity index (χ2n) is 3.06. The number of hydrogen-bond acceptors (Lipinski definition) is 1. The van der Waals surface area contributed by atoms with Crippen LogP contribution in [0.25, 0.3) is 6.08 Å². The quantitative estimate of drug-likeness (QED) is 0.689. The number of allylic oxidation sites excluding steroid dienone is 1. The van der Waals surface area contributed by atoms with Crippen molar-refractivity contribution in [2.24, 2.45) is 0 Å². The lowest BCUT2D eigenvalue weighted by Crippen LogP contribution is -1.87. The van der Waals surface area contributed by atoms with E-state index in [-0.39, 0.29) is 5.38 Å². The first kappa shape index (κ1) is 11.1. The normalized spacial score (nSPS) is 13.1. The maximum atomic E-state index is 5.96. The summed E-state index contributed by atoms with van der Waals surface area (Å²) in [6.07, 6.45) is 4.98. The molecule has 0 amide bonds. The Morgan fingerprint density at radius 3 is 2.50 bits per heavy atom. The van der Waals surface area contributed by atoms with E-state index in [4.69, 9.17) is 16.3 Å². The van der Waals surface area contributed by atoms with E-state index >= 15 is 0 Å². The average Bonchev–Trinajstić information content (AvgIpc) is 2.26. The Bertz CT molecular complexity index is 290. The third-order valence-electron chi connectivity index (χ3n) is 2.00. The number of alkyl halides is 1. The molecule has 0 aliphatic rings. The van der Waals surface area contributed by atoms with Crippen molar-refractivity contribution in [1.82, 2.24) is 0 Å². The van der Waals surface area contributed by atoms with Gasteiger partial charge in [-0.3, -0.25) is 0 Å². The molecule has 0 bridgehead atoms. The molecule has 0 radical (unpaired) electrons. The molecule has 0 unspecified atom stereocenters. The lowest BCUT2D eigenvalue weighted by Gasteiger charge is -2.00. The molecule has 1 aromatic rings. The predicted octanol–water partition coefficient (Wildman–Crippen LogP) is 3.73. The first-order chi connectivity index (χ1) is 6.76. The number of rotatable bonds is 4. The Hall–Kier alpha value is -0.950. The molecule has 0 heterocycles. The molecule has 0 N–H and O–H groups in total. The van der Waals surface area contributed by atoms with E-state index in [0.717, 1.165) is 17.7 Å². The molecule has 2 heteroatoms. The molecular formula is C12H15ClO. The van der Waals surface area contributed by atoms with Crippen molar-refractivity contribution in [3.63, 3.8) is 0 Å². The van der Waals surface area contributed by atoms with Gasteiger partial charge in [-0.25, -0.2) is 0 Å². The third kappa shape index (κ3) is 3.43. The van der Waals surface area contributed by atoms with E-state index in [2.05, 4.69) is 6.92 Å². The maximum Gasteiger partial charge on any atom is 0.118 e. The zero-order valence-electron chi connectivity index (χ0n) is 8.53. The predicted molar refractivity (Wildman–Crippen MR) is 62.0 cm³/mol. The highest BCUT2D eigenvalue weighted by atomic mass is 35.5. The minimum atomic E-state index is 0.122. The fraction of sp³-hybridized carbons (Fsp3) is 0.333. The summed E-state index contributed by atoms with van der Waals surface area (Å²) in [5.74, 6) is 0.875. The summed E-state index contributed by atoms with van der Waals surface area (Å²) in [6, 6.07) is 7.90. The number of halogens is 1. The van der Waals surface area contributed by atoms with Crippen LogP contribution >= 0.6 is 11.6 Å². The zero-order chi connectivity index (χ0) is 10.4. The van der Waals surface area contributed by atoms with Crippen molar-refractivity contribution in [1.29, 1.82) is 0 Å². The van der Waals surface area contributed by atoms with E-state index in [0.29, 0.717) is 0 Å². The summed E-state index contributed by atoms with van der Waals surface area (Å²) in [5.41, 5.74) is 1.14. The molecule has 1 atom stereocenters. The Labute approximate surface area is 90.3 Å². The molecule has 0 saturated heterocycles. The van der Waals surface area contributed by atoms with Gasteiger partial charge in [-0.1, -0.05) is 31.2 Å². The lowest BCUT2D eigenvalue weighted by molar-refractivity contribution is 0.415. The topological polar surface area (TPSA) is 9.23 Å². The molecule has 0 aliphatic carbocycles. The summed E-state index contributed by atoms with van der Waals surface area (Å²) in [6.45, 7) is 2.07. The van der Waals surface area contributed by atoms with Gasteiger partial charge in [0.05, 0.1) is 12.5 Å². The van der Waals surface area contributed by atoms with Crippen LogP contribution in [0.1, 0.15) is 18.9 Å². The van der Waals surface area contributed by atoms with E-state index in [1.165, 1.54) is 0 Å². The molecule has 1 rings (SSSR count). The monoisotopic (exact) mass is 210 g/mol. The molecule has 0 saturated carbocycles. The van der Waals surface area contributed by atoms with Gasteiger partial charge >= 0.3 is 0 Å². The highest BCUT2D eigenvalue weighted by Crippen LogP contribution is 2.13. The molecule has 14 heavy (non-hydrogen) atoms. The molecule has 0 aliphatic heterocycles. The van der Waals surface area contributed by atoms with E-state index in [1.54, 1.807) is 7.11 Å². The third-order valence-corrected chi connectivity index (χ3v) is 2.46. The minimum Gasteiger partial charge on any atom is -0.497 e. The molecular weight excluding hydrogens is 196 g/mol. The lowest BCUT2D eigenvalue weighted by atomic mass is 10.2. The van der Waals surface area contributed by atoms with Gasteiger partial charge in [0, 0.05) is 0 Å². The van der Waals surface area contributed by atoms with Crippen LogP contribution in [0.5, 0.6) is 5.75 Å². The molecule has 76 valence electrons. The van der Waals surface area contributed by atoms with Crippen LogP contribution < -0.4 is 4.74 Å². The number of ether oxygens (including phenoxy) is 1. The van der Waals surface area contributed by atoms with Gasteiger partial charge in [-0.15, -0.1) is 11.6 Å². The van der Waals surface area contributed by atoms with Gasteiger partial charge in [0.15, 0.2) is 0 Å². The van der Waals surface area contributed by atoms with E-state index in [9.17, 15) is 0 Å². The Morgan fingerprint density at radius 1 is 1.36 bits per heavy atom. The Kier molecular flexibility index (Phi) is 4.54. The molecule has 1 aromatic carbocycles. The van der Waals surface area contributed by atoms with Crippen molar-refractivity contribution in [3.05, 3.63) is 35.9 Å². The zero-order valence-corrected chi connectivity index (χ0v) is 9.29. The second-order valence-corrected chi connectivity index (χ2v) is 3.62. The van der Waals surface area contributed by atoms with Gasteiger partial charge in [0.1, 0.15) is 5.75 Å². The van der Waals surface area contributed by atoms with Crippen LogP contribution in [0.3, 0.4) is 0 Å². The number of benzene rings is 1. The highest BCUT2D eigenvalue weighted by Gasteiger charge is 1.94. The van der Waals surface area contributed by atoms with E-state index in [1.807, 2.05) is 36.4 Å². The molecule has 0 aromatic heterocycles. The van der Waals surface area contributed by atoms with Crippen LogP contribution in [0.15, 0.2) is 30.3 Å². The standard InChI is InChI=1S/C12H15ClO/c1-3-11(13)7-4-10-5-8-12(14-2)9-6-10/h4-9,11H,3H2,1-2H3/b7-4+/t11-/m1/s1. The summed E-state index contributed by atoms with van der Waals surface area (Å²) in [4.78, 5) is 0. The number of methoxy groups -OCH3 is 1. The van der Waals surface area contributed by atoms with Crippen molar-refractivity contribution >= 4 is 17.7 Å². The van der Waals surface area contributed by atoms with Crippen LogP contribution in [-0.4, -0.2) is 12.5 Å². The molecule has 0 fully saturated rings. The van der Waals surface area contributed by atoms with Crippen molar-refractivity contribution < 1.29 is 4.74 Å². The van der Waals surface area contributed by atoms with Crippen molar-refractivity contribution in [2.75, 3.05) is 7.11 Å². The van der Waals surface area contributed by atoms with Gasteiger partial charge < -0.3 is 4.74 Å². The summed E-state index contributed by atoms with van der Waals surface area (Å²) in [5, 5.41) is 0.122. The van der Waals surface area contributed by atoms with E-state index < -0.39 is 0 Å². The SMILES string of the molecule is CC[C@@H](Cl)/C=C/c1ccc(OC)cc1. The highest BCUT2D eigenvalue weighted by molar-refractivity contribution is 6.22. The van der Waals surface area contributed by atoms with Crippen molar-refractivity contribution in [3.8, 4) is 5.75 Å². The first-order valence-corrected chi connectivity index (χ1v) is 5.16. The Morgan fingerprint density at radius 2 is 2.00 bits per heavy atom. The van der Waals surface area contributed by atoms with Crippen LogP contribution in [0.4, 0.5) is 0 Å².